The zero-order chi connectivity index (χ0) is 14.6. The molecule has 0 bridgehead atoms. The van der Waals surface area contributed by atoms with Crippen LogP contribution in [0.15, 0.2) is 23.2 Å². The number of guanidine groups is 1. The molecule has 1 aromatic rings. The number of aliphatic hydroxyl groups excluding tert-OH is 1. The van der Waals surface area contributed by atoms with E-state index in [2.05, 4.69) is 4.99 Å². The summed E-state index contributed by atoms with van der Waals surface area (Å²) in [4.78, 5) is 7.99. The molecule has 4 nitrogen and oxygen atoms in total. The van der Waals surface area contributed by atoms with Crippen molar-refractivity contribution in [3.63, 3.8) is 0 Å². The van der Waals surface area contributed by atoms with Crippen LogP contribution < -0.4 is 0 Å². The normalized spacial score (nSPS) is 11.9. The molecule has 0 amide bonds. The third-order valence-electron chi connectivity index (χ3n) is 2.48. The lowest BCUT2D eigenvalue weighted by Crippen LogP contribution is -2.35. The number of hydrogen-bond acceptors (Lipinski definition) is 2. The summed E-state index contributed by atoms with van der Waals surface area (Å²) in [5.74, 6) is 0.257. The molecule has 0 aliphatic heterocycles. The Morgan fingerprint density at radius 1 is 1.26 bits per heavy atom. The van der Waals surface area contributed by atoms with E-state index >= 15 is 0 Å². The van der Waals surface area contributed by atoms with Crippen molar-refractivity contribution in [1.29, 1.82) is 0 Å². The van der Waals surface area contributed by atoms with Gasteiger partial charge in [-0.05, 0) is 23.8 Å². The van der Waals surface area contributed by atoms with E-state index in [1.165, 1.54) is 18.2 Å². The molecular weight excluding hydrogens is 269 g/mol. The van der Waals surface area contributed by atoms with Gasteiger partial charge in [0.1, 0.15) is 5.82 Å². The number of hydrogen-bond donors (Lipinski definition) is 1. The lowest BCUT2D eigenvalue weighted by Gasteiger charge is -2.23. The van der Waals surface area contributed by atoms with Gasteiger partial charge in [0.05, 0.1) is 12.6 Å². The number of benzene rings is 1. The molecule has 0 aromatic heterocycles. The molecule has 1 unspecified atom stereocenters. The van der Waals surface area contributed by atoms with Crippen molar-refractivity contribution in [2.45, 2.75) is 6.10 Å². The second-order valence-electron chi connectivity index (χ2n) is 4.65. The zero-order valence-corrected chi connectivity index (χ0v) is 12.3. The second kappa shape index (κ2) is 6.73. The highest BCUT2D eigenvalue weighted by atomic mass is 35.5. The summed E-state index contributed by atoms with van der Waals surface area (Å²) < 4.78 is 13.2. The smallest absolute Gasteiger partial charge is 0.195 e. The van der Waals surface area contributed by atoms with Gasteiger partial charge in [-0.1, -0.05) is 11.6 Å². The van der Waals surface area contributed by atoms with Crippen molar-refractivity contribution >= 4 is 17.6 Å². The minimum Gasteiger partial charge on any atom is -0.386 e. The highest BCUT2D eigenvalue weighted by Gasteiger charge is 2.11. The summed E-state index contributed by atoms with van der Waals surface area (Å²) >= 11 is 5.75. The van der Waals surface area contributed by atoms with Gasteiger partial charge in [-0.3, -0.25) is 0 Å². The Balaban J connectivity index is 2.84. The minimum absolute atomic E-state index is 0.144. The van der Waals surface area contributed by atoms with E-state index in [0.29, 0.717) is 5.56 Å². The van der Waals surface area contributed by atoms with Gasteiger partial charge in [-0.2, -0.15) is 0 Å². The number of rotatable bonds is 3. The molecule has 0 fully saturated rings. The van der Waals surface area contributed by atoms with E-state index in [1.807, 2.05) is 38.0 Å². The van der Waals surface area contributed by atoms with Crippen molar-refractivity contribution in [2.75, 3.05) is 34.7 Å². The third kappa shape index (κ3) is 4.69. The van der Waals surface area contributed by atoms with E-state index in [0.717, 1.165) is 5.96 Å². The van der Waals surface area contributed by atoms with Crippen LogP contribution in [0.4, 0.5) is 4.39 Å². The zero-order valence-electron chi connectivity index (χ0n) is 11.6. The van der Waals surface area contributed by atoms with E-state index in [4.69, 9.17) is 11.6 Å². The molecular formula is C13H19ClFN3O. The molecule has 0 saturated heterocycles. The van der Waals surface area contributed by atoms with Crippen molar-refractivity contribution in [3.05, 3.63) is 34.6 Å². The fourth-order valence-electron chi connectivity index (χ4n) is 1.72. The van der Waals surface area contributed by atoms with Crippen LogP contribution in [0, 0.1) is 5.82 Å². The average molecular weight is 288 g/mol. The maximum absolute atomic E-state index is 13.2. The van der Waals surface area contributed by atoms with Crippen LogP contribution in [0.5, 0.6) is 0 Å². The predicted molar refractivity (Wildman–Crippen MR) is 76.0 cm³/mol. The largest absolute Gasteiger partial charge is 0.386 e. The first-order valence-corrected chi connectivity index (χ1v) is 6.22. The Labute approximate surface area is 118 Å². The quantitative estimate of drug-likeness (QED) is 0.683. The van der Waals surface area contributed by atoms with Crippen molar-refractivity contribution in [1.82, 2.24) is 9.80 Å². The molecule has 19 heavy (non-hydrogen) atoms. The van der Waals surface area contributed by atoms with Gasteiger partial charge in [-0.15, -0.1) is 0 Å². The van der Waals surface area contributed by atoms with Crippen molar-refractivity contribution < 1.29 is 9.50 Å². The molecule has 0 saturated carbocycles. The van der Waals surface area contributed by atoms with Gasteiger partial charge >= 0.3 is 0 Å². The monoisotopic (exact) mass is 287 g/mol. The second-order valence-corrected chi connectivity index (χ2v) is 5.08. The minimum atomic E-state index is -0.886. The van der Waals surface area contributed by atoms with Crippen LogP contribution >= 0.6 is 11.6 Å². The van der Waals surface area contributed by atoms with Gasteiger partial charge in [-0.25, -0.2) is 9.38 Å². The number of aliphatic hydroxyl groups is 1. The topological polar surface area (TPSA) is 39.1 Å². The van der Waals surface area contributed by atoms with E-state index in [9.17, 15) is 9.50 Å². The van der Waals surface area contributed by atoms with Crippen LogP contribution in [-0.4, -0.2) is 55.6 Å². The SMILES string of the molecule is CN(C)C(=NCC(O)c1cc(F)cc(Cl)c1)N(C)C. The van der Waals surface area contributed by atoms with E-state index in [1.54, 1.807) is 0 Å². The Kier molecular flexibility index (Phi) is 5.57. The molecule has 106 valence electrons. The number of aliphatic imine (C=N–C) groups is 1. The molecule has 0 aliphatic rings. The average Bonchev–Trinajstić information content (AvgIpc) is 2.26. The Morgan fingerprint density at radius 3 is 2.32 bits per heavy atom. The Bertz CT molecular complexity index is 433. The molecule has 6 heteroatoms. The summed E-state index contributed by atoms with van der Waals surface area (Å²) in [7, 11) is 7.46. The lowest BCUT2D eigenvalue weighted by atomic mass is 10.1. The van der Waals surface area contributed by atoms with E-state index in [-0.39, 0.29) is 11.6 Å². The van der Waals surface area contributed by atoms with Crippen LogP contribution in [0.2, 0.25) is 5.02 Å². The number of halogens is 2. The summed E-state index contributed by atoms with van der Waals surface area (Å²) in [5, 5.41) is 10.3. The fourth-order valence-corrected chi connectivity index (χ4v) is 1.95. The summed E-state index contributed by atoms with van der Waals surface area (Å²) in [6.07, 6.45) is -0.886. The third-order valence-corrected chi connectivity index (χ3v) is 2.69. The predicted octanol–water partition coefficient (Wildman–Crippen LogP) is 1.99. The first kappa shape index (κ1) is 15.7. The molecule has 1 atom stereocenters. The molecule has 1 rings (SSSR count). The summed E-state index contributed by atoms with van der Waals surface area (Å²) in [6, 6.07) is 4.00. The standard InChI is InChI=1S/C13H19ClFN3O/c1-17(2)13(18(3)4)16-8-12(19)9-5-10(14)7-11(15)6-9/h5-7,12,19H,8H2,1-4H3. The first-order chi connectivity index (χ1) is 8.81. The van der Waals surface area contributed by atoms with Crippen molar-refractivity contribution in [2.24, 2.45) is 4.99 Å². The van der Waals surface area contributed by atoms with Gasteiger partial charge in [0, 0.05) is 33.2 Å². The van der Waals surface area contributed by atoms with Crippen LogP contribution in [0.3, 0.4) is 0 Å². The molecule has 0 heterocycles. The Hall–Kier alpha value is -1.33. The van der Waals surface area contributed by atoms with Gasteiger partial charge in [0.15, 0.2) is 5.96 Å². The highest BCUT2D eigenvalue weighted by molar-refractivity contribution is 6.30. The highest BCUT2D eigenvalue weighted by Crippen LogP contribution is 2.20. The van der Waals surface area contributed by atoms with Crippen molar-refractivity contribution in [3.8, 4) is 0 Å². The van der Waals surface area contributed by atoms with Crippen LogP contribution in [-0.2, 0) is 0 Å². The first-order valence-electron chi connectivity index (χ1n) is 5.84. The van der Waals surface area contributed by atoms with Gasteiger partial charge < -0.3 is 14.9 Å². The Morgan fingerprint density at radius 2 is 1.84 bits per heavy atom. The summed E-state index contributed by atoms with van der Waals surface area (Å²) in [6.45, 7) is 0.144. The number of nitrogens with zero attached hydrogens (tertiary/aromatic N) is 3. The molecule has 0 radical (unpaired) electrons. The summed E-state index contributed by atoms with van der Waals surface area (Å²) in [5.41, 5.74) is 0.422. The molecule has 0 aliphatic carbocycles. The molecule has 1 aromatic carbocycles. The van der Waals surface area contributed by atoms with Crippen LogP contribution in [0.25, 0.3) is 0 Å². The fraction of sp³-hybridized carbons (Fsp3) is 0.462. The molecule has 1 N–H and O–H groups in total. The van der Waals surface area contributed by atoms with E-state index < -0.39 is 11.9 Å². The lowest BCUT2D eigenvalue weighted by molar-refractivity contribution is 0.186. The van der Waals surface area contributed by atoms with Crippen LogP contribution in [0.1, 0.15) is 11.7 Å². The van der Waals surface area contributed by atoms with Gasteiger partial charge in [0.25, 0.3) is 0 Å². The maximum Gasteiger partial charge on any atom is 0.195 e. The molecule has 0 spiro atoms. The van der Waals surface area contributed by atoms with Gasteiger partial charge in [0.2, 0.25) is 0 Å². The maximum atomic E-state index is 13.2.